The Kier molecular flexibility index (Phi) is 5.86. The second-order valence-electron chi connectivity index (χ2n) is 8.29. The minimum atomic E-state index is -1.01. The monoisotopic (exact) mass is 473 g/mol. The zero-order valence-corrected chi connectivity index (χ0v) is 18.8. The van der Waals surface area contributed by atoms with Crippen LogP contribution < -0.4 is 0 Å². The molecule has 0 bridgehead atoms. The summed E-state index contributed by atoms with van der Waals surface area (Å²) in [5.74, 6) is -1.52. The molecule has 2 aromatic carbocycles. The van der Waals surface area contributed by atoms with E-state index in [9.17, 15) is 18.7 Å². The molecule has 35 heavy (non-hydrogen) atoms. The Morgan fingerprint density at radius 2 is 1.77 bits per heavy atom. The average molecular weight is 473 g/mol. The molecule has 0 spiro atoms. The molecule has 3 heterocycles. The van der Waals surface area contributed by atoms with Crippen molar-refractivity contribution in [1.82, 2.24) is 14.4 Å². The van der Waals surface area contributed by atoms with E-state index in [2.05, 4.69) is 0 Å². The van der Waals surface area contributed by atoms with Crippen LogP contribution in [0.25, 0.3) is 16.9 Å². The van der Waals surface area contributed by atoms with Gasteiger partial charge in [-0.1, -0.05) is 42.5 Å². The number of aryl methyl sites for hydroxylation is 1. The van der Waals surface area contributed by atoms with Crippen LogP contribution in [0.4, 0.5) is 8.78 Å². The van der Waals surface area contributed by atoms with Gasteiger partial charge in [0.1, 0.15) is 11.5 Å². The van der Waals surface area contributed by atoms with Crippen LogP contribution in [0.5, 0.6) is 0 Å². The summed E-state index contributed by atoms with van der Waals surface area (Å²) in [5, 5.41) is 9.63. The number of fused-ring (bicyclic) bond motifs is 1. The zero-order chi connectivity index (χ0) is 24.5. The summed E-state index contributed by atoms with van der Waals surface area (Å²) in [7, 11) is 0. The Balaban J connectivity index is 1.73. The minimum Gasteiger partial charge on any atom is -0.481 e. The molecule has 0 saturated heterocycles. The predicted molar refractivity (Wildman–Crippen MR) is 125 cm³/mol. The molecular weight excluding hydrogens is 452 g/mol. The van der Waals surface area contributed by atoms with Crippen LogP contribution >= 0.6 is 0 Å². The highest BCUT2D eigenvalue weighted by atomic mass is 19.2. The van der Waals surface area contributed by atoms with E-state index in [0.29, 0.717) is 34.2 Å². The second-order valence-corrected chi connectivity index (χ2v) is 8.29. The van der Waals surface area contributed by atoms with Gasteiger partial charge in [-0.05, 0) is 30.7 Å². The summed E-state index contributed by atoms with van der Waals surface area (Å²) in [6.45, 7) is 1.83. The van der Waals surface area contributed by atoms with Crippen molar-refractivity contribution in [1.29, 1.82) is 0 Å². The molecule has 0 aliphatic heterocycles. The Morgan fingerprint density at radius 1 is 0.971 bits per heavy atom. The van der Waals surface area contributed by atoms with Gasteiger partial charge >= 0.3 is 5.97 Å². The maximum atomic E-state index is 14.5. The van der Waals surface area contributed by atoms with Gasteiger partial charge in [-0.15, -0.1) is 0 Å². The lowest BCUT2D eigenvalue weighted by Gasteiger charge is -2.10. The first-order chi connectivity index (χ1) is 16.9. The second kappa shape index (κ2) is 9.13. The molecule has 0 fully saturated rings. The van der Waals surface area contributed by atoms with Gasteiger partial charge in [0.05, 0.1) is 35.6 Å². The number of benzene rings is 2. The number of carboxylic acids is 1. The number of furan rings is 1. The van der Waals surface area contributed by atoms with Crippen molar-refractivity contribution in [3.05, 3.63) is 113 Å². The van der Waals surface area contributed by atoms with Crippen molar-refractivity contribution >= 4 is 11.6 Å². The highest BCUT2D eigenvalue weighted by molar-refractivity contribution is 5.71. The maximum absolute atomic E-state index is 14.5. The number of hydrogen-bond acceptors (Lipinski definition) is 4. The molecule has 0 aliphatic rings. The summed E-state index contributed by atoms with van der Waals surface area (Å²) in [4.78, 5) is 21.2. The maximum Gasteiger partial charge on any atom is 0.309 e. The summed E-state index contributed by atoms with van der Waals surface area (Å²) in [5.41, 5.74) is 3.29. The number of carboxylic acid groups (broad SMARTS) is 1. The largest absolute Gasteiger partial charge is 0.481 e. The molecule has 0 saturated carbocycles. The van der Waals surface area contributed by atoms with E-state index in [1.54, 1.807) is 10.6 Å². The quantitative estimate of drug-likeness (QED) is 0.343. The van der Waals surface area contributed by atoms with Gasteiger partial charge in [0.2, 0.25) is 0 Å². The molecule has 0 atom stereocenters. The molecule has 0 amide bonds. The first kappa shape index (κ1) is 22.5. The molecule has 6 nitrogen and oxygen atoms in total. The smallest absolute Gasteiger partial charge is 0.309 e. The molecule has 5 rings (SSSR count). The van der Waals surface area contributed by atoms with Crippen molar-refractivity contribution < 1.29 is 23.1 Å². The van der Waals surface area contributed by atoms with Crippen molar-refractivity contribution in [2.45, 2.75) is 26.2 Å². The minimum absolute atomic E-state index is 0.0173. The average Bonchev–Trinajstić information content (AvgIpc) is 3.40. The first-order valence-electron chi connectivity index (χ1n) is 11.0. The third-order valence-corrected chi connectivity index (χ3v) is 5.77. The molecule has 0 radical (unpaired) electrons. The van der Waals surface area contributed by atoms with Crippen LogP contribution in [-0.4, -0.2) is 25.4 Å². The summed E-state index contributed by atoms with van der Waals surface area (Å²) in [6, 6.07) is 17.0. The van der Waals surface area contributed by atoms with Crippen LogP contribution in [0.1, 0.15) is 34.2 Å². The fraction of sp³-hybridized carbons (Fsp3) is 0.148. The molecule has 5 aromatic rings. The SMILES string of the molecule is Cc1ccc(Cc2nc3c(Cc4cccc(F)c4F)nc(-c4ccccc4)cn3c2CC(=O)O)o1. The van der Waals surface area contributed by atoms with Crippen LogP contribution in [0, 0.1) is 18.6 Å². The molecular formula is C27H21F2N3O3. The van der Waals surface area contributed by atoms with Crippen LogP contribution in [0.2, 0.25) is 0 Å². The fourth-order valence-corrected chi connectivity index (χ4v) is 4.15. The number of aliphatic carboxylic acids is 1. The van der Waals surface area contributed by atoms with Gasteiger partial charge in [0.15, 0.2) is 17.3 Å². The van der Waals surface area contributed by atoms with Crippen molar-refractivity contribution in [3.8, 4) is 11.3 Å². The third-order valence-electron chi connectivity index (χ3n) is 5.77. The van der Waals surface area contributed by atoms with E-state index >= 15 is 0 Å². The highest BCUT2D eigenvalue weighted by Gasteiger charge is 2.22. The number of halogens is 2. The molecule has 3 aromatic heterocycles. The standard InChI is InChI=1S/C27H21F2N3O3/c1-16-10-11-19(35-16)13-21-24(14-25(33)34)32-15-23(17-6-3-2-4-7-17)30-22(27(32)31-21)12-18-8-5-9-20(28)26(18)29/h2-11,15H,12-14H2,1H3,(H,33,34). The van der Waals surface area contributed by atoms with Gasteiger partial charge in [-0.2, -0.15) is 0 Å². The number of carbonyl (C=O) groups is 1. The van der Waals surface area contributed by atoms with E-state index in [1.807, 2.05) is 49.4 Å². The van der Waals surface area contributed by atoms with Gasteiger partial charge in [0.25, 0.3) is 0 Å². The lowest BCUT2D eigenvalue weighted by molar-refractivity contribution is -0.136. The third kappa shape index (κ3) is 4.55. The van der Waals surface area contributed by atoms with Crippen molar-refractivity contribution in [2.24, 2.45) is 0 Å². The van der Waals surface area contributed by atoms with Crippen molar-refractivity contribution in [2.75, 3.05) is 0 Å². The summed E-state index contributed by atoms with van der Waals surface area (Å²) < 4.78 is 35.8. The van der Waals surface area contributed by atoms with Gasteiger partial charge in [-0.3, -0.25) is 9.20 Å². The number of rotatable bonds is 7. The Morgan fingerprint density at radius 3 is 2.49 bits per heavy atom. The predicted octanol–water partition coefficient (Wildman–Crippen LogP) is 5.38. The lowest BCUT2D eigenvalue weighted by atomic mass is 10.1. The number of hydrogen-bond donors (Lipinski definition) is 1. The Hall–Kier alpha value is -4.33. The number of imidazole rings is 1. The first-order valence-corrected chi connectivity index (χ1v) is 11.0. The van der Waals surface area contributed by atoms with E-state index in [-0.39, 0.29) is 24.8 Å². The Bertz CT molecular complexity index is 1540. The van der Waals surface area contributed by atoms with E-state index in [4.69, 9.17) is 14.4 Å². The molecule has 0 aliphatic carbocycles. The van der Waals surface area contributed by atoms with E-state index in [1.165, 1.54) is 12.1 Å². The van der Waals surface area contributed by atoms with Crippen LogP contribution in [-0.2, 0) is 24.1 Å². The summed E-state index contributed by atoms with van der Waals surface area (Å²) >= 11 is 0. The van der Waals surface area contributed by atoms with Crippen molar-refractivity contribution in [3.63, 3.8) is 0 Å². The number of aromatic nitrogens is 3. The zero-order valence-electron chi connectivity index (χ0n) is 18.8. The highest BCUT2D eigenvalue weighted by Crippen LogP contribution is 2.26. The summed E-state index contributed by atoms with van der Waals surface area (Å²) in [6.07, 6.45) is 1.73. The van der Waals surface area contributed by atoms with Crippen LogP contribution in [0.15, 0.2) is 71.3 Å². The molecule has 176 valence electrons. The lowest BCUT2D eigenvalue weighted by Crippen LogP contribution is -2.08. The van der Waals surface area contributed by atoms with Gasteiger partial charge in [0, 0.05) is 18.2 Å². The fourth-order valence-electron chi connectivity index (χ4n) is 4.15. The Labute approximate surface area is 199 Å². The topological polar surface area (TPSA) is 80.6 Å². The molecule has 1 N–H and O–H groups in total. The normalized spacial score (nSPS) is 11.3. The van der Waals surface area contributed by atoms with Gasteiger partial charge in [-0.25, -0.2) is 18.7 Å². The van der Waals surface area contributed by atoms with E-state index < -0.39 is 17.6 Å². The van der Waals surface area contributed by atoms with Crippen LogP contribution in [0.3, 0.4) is 0 Å². The van der Waals surface area contributed by atoms with E-state index in [0.717, 1.165) is 17.4 Å². The van der Waals surface area contributed by atoms with Gasteiger partial charge < -0.3 is 9.52 Å². The number of nitrogens with zero attached hydrogens (tertiary/aromatic N) is 3. The molecule has 0 unspecified atom stereocenters. The molecule has 8 heteroatoms.